The summed E-state index contributed by atoms with van der Waals surface area (Å²) in [4.78, 5) is 16.9. The molecule has 2 aromatic rings. The minimum absolute atomic E-state index is 0.0585. The highest BCUT2D eigenvalue weighted by Crippen LogP contribution is 2.37. The second-order valence-electron chi connectivity index (χ2n) is 6.03. The summed E-state index contributed by atoms with van der Waals surface area (Å²) in [5.74, 6) is 0.530. The number of ether oxygens (including phenoxy) is 2. The van der Waals surface area contributed by atoms with Gasteiger partial charge in [0.15, 0.2) is 11.5 Å². The summed E-state index contributed by atoms with van der Waals surface area (Å²) in [7, 11) is 2.91. The number of amides is 1. The number of hydrogen-bond acceptors (Lipinski definition) is 5. The van der Waals surface area contributed by atoms with Gasteiger partial charge in [-0.1, -0.05) is 52.6 Å². The maximum Gasteiger partial charge on any atom is 0.273 e. The highest BCUT2D eigenvalue weighted by molar-refractivity contribution is 6.45. The van der Waals surface area contributed by atoms with Gasteiger partial charge in [-0.05, 0) is 19.4 Å². The number of likely N-dealkylation sites (N-methyl/N-ethyl adjacent to an activating group) is 1. The number of oxime groups is 1. The summed E-state index contributed by atoms with van der Waals surface area (Å²) in [6, 6.07) is 10.5. The van der Waals surface area contributed by atoms with Crippen molar-refractivity contribution in [2.24, 2.45) is 5.16 Å². The first-order valence-electron chi connectivity index (χ1n) is 8.57. The van der Waals surface area contributed by atoms with Crippen molar-refractivity contribution in [2.45, 2.75) is 26.6 Å². The molecule has 1 N–H and O–H groups in total. The number of halogens is 2. The fraction of sp³-hybridized carbons (Fsp3) is 0.300. The van der Waals surface area contributed by atoms with E-state index in [4.69, 9.17) is 37.5 Å². The molecule has 2 rings (SSSR count). The molecule has 0 saturated carbocycles. The van der Waals surface area contributed by atoms with E-state index < -0.39 is 0 Å². The standard InChI is InChI=1S/C20H22Cl2N2O4/c1-12(2)28-19-16(21)9-14(10-17(19)22)27-11-13-7-5-6-8-15(13)18(24-26-4)20(25)23-3/h5-10,12H,11H2,1-4H3,(H,23,25)/b24-18+. The van der Waals surface area contributed by atoms with E-state index in [2.05, 4.69) is 10.5 Å². The van der Waals surface area contributed by atoms with E-state index in [-0.39, 0.29) is 24.3 Å². The van der Waals surface area contributed by atoms with Gasteiger partial charge in [-0.3, -0.25) is 4.79 Å². The molecule has 0 fully saturated rings. The maximum atomic E-state index is 12.1. The second kappa shape index (κ2) is 10.2. The van der Waals surface area contributed by atoms with Gasteiger partial charge in [0.1, 0.15) is 19.5 Å². The lowest BCUT2D eigenvalue weighted by Crippen LogP contribution is -2.29. The Bertz CT molecular complexity index is 846. The molecule has 0 bridgehead atoms. The molecule has 0 aliphatic rings. The number of hydrogen-bond donors (Lipinski definition) is 1. The van der Waals surface area contributed by atoms with Gasteiger partial charge in [-0.25, -0.2) is 0 Å². The molecule has 28 heavy (non-hydrogen) atoms. The number of benzene rings is 2. The summed E-state index contributed by atoms with van der Waals surface area (Å²) >= 11 is 12.5. The zero-order valence-electron chi connectivity index (χ0n) is 16.1. The Morgan fingerprint density at radius 2 is 1.82 bits per heavy atom. The van der Waals surface area contributed by atoms with Crippen LogP contribution in [0.3, 0.4) is 0 Å². The number of carbonyl (C=O) groups excluding carboxylic acids is 1. The van der Waals surface area contributed by atoms with Crippen LogP contribution >= 0.6 is 23.2 Å². The quantitative estimate of drug-likeness (QED) is 0.501. The maximum absolute atomic E-state index is 12.1. The normalized spacial score (nSPS) is 11.3. The topological polar surface area (TPSA) is 69.2 Å². The molecule has 8 heteroatoms. The fourth-order valence-electron chi connectivity index (χ4n) is 2.43. The van der Waals surface area contributed by atoms with Crippen molar-refractivity contribution in [1.29, 1.82) is 0 Å². The largest absolute Gasteiger partial charge is 0.489 e. The number of carbonyl (C=O) groups is 1. The number of nitrogens with zero attached hydrogens (tertiary/aromatic N) is 1. The molecular formula is C20H22Cl2N2O4. The molecule has 6 nitrogen and oxygen atoms in total. The molecule has 0 aliphatic carbocycles. The van der Waals surface area contributed by atoms with Crippen molar-refractivity contribution < 1.29 is 19.1 Å². The lowest BCUT2D eigenvalue weighted by molar-refractivity contribution is -0.114. The molecule has 1 amide bonds. The average Bonchev–Trinajstić information content (AvgIpc) is 2.67. The van der Waals surface area contributed by atoms with Gasteiger partial charge >= 0.3 is 0 Å². The molecule has 0 atom stereocenters. The minimum Gasteiger partial charge on any atom is -0.489 e. The Morgan fingerprint density at radius 3 is 2.39 bits per heavy atom. The molecule has 0 radical (unpaired) electrons. The van der Waals surface area contributed by atoms with E-state index in [0.29, 0.717) is 27.1 Å². The van der Waals surface area contributed by atoms with Crippen LogP contribution in [0.5, 0.6) is 11.5 Å². The van der Waals surface area contributed by atoms with E-state index >= 15 is 0 Å². The van der Waals surface area contributed by atoms with Crippen molar-refractivity contribution in [2.75, 3.05) is 14.2 Å². The smallest absolute Gasteiger partial charge is 0.273 e. The highest BCUT2D eigenvalue weighted by atomic mass is 35.5. The molecule has 0 aromatic heterocycles. The van der Waals surface area contributed by atoms with Crippen molar-refractivity contribution in [3.63, 3.8) is 0 Å². The van der Waals surface area contributed by atoms with Gasteiger partial charge in [0, 0.05) is 24.7 Å². The molecular weight excluding hydrogens is 403 g/mol. The van der Waals surface area contributed by atoms with Crippen LogP contribution in [-0.2, 0) is 16.2 Å². The average molecular weight is 425 g/mol. The van der Waals surface area contributed by atoms with Crippen LogP contribution in [0, 0.1) is 0 Å². The van der Waals surface area contributed by atoms with Crippen molar-refractivity contribution in [1.82, 2.24) is 5.32 Å². The van der Waals surface area contributed by atoms with Crippen LogP contribution in [0.25, 0.3) is 0 Å². The fourth-order valence-corrected chi connectivity index (χ4v) is 2.99. The minimum atomic E-state index is -0.365. The van der Waals surface area contributed by atoms with Crippen LogP contribution in [0.1, 0.15) is 25.0 Å². The lowest BCUT2D eigenvalue weighted by atomic mass is 10.0. The third-order valence-electron chi connectivity index (χ3n) is 3.62. The van der Waals surface area contributed by atoms with Gasteiger partial charge in [0.2, 0.25) is 0 Å². The van der Waals surface area contributed by atoms with Crippen LogP contribution in [0.4, 0.5) is 0 Å². The highest BCUT2D eigenvalue weighted by Gasteiger charge is 2.18. The second-order valence-corrected chi connectivity index (χ2v) is 6.84. The third kappa shape index (κ3) is 5.53. The van der Waals surface area contributed by atoms with E-state index in [1.165, 1.54) is 14.2 Å². The van der Waals surface area contributed by atoms with Crippen LogP contribution in [0.15, 0.2) is 41.6 Å². The van der Waals surface area contributed by atoms with Gasteiger partial charge in [0.25, 0.3) is 5.91 Å². The summed E-state index contributed by atoms with van der Waals surface area (Å²) in [6.07, 6.45) is -0.0585. The summed E-state index contributed by atoms with van der Waals surface area (Å²) in [5, 5.41) is 7.10. The zero-order chi connectivity index (χ0) is 20.7. The van der Waals surface area contributed by atoms with Crippen molar-refractivity contribution >= 4 is 34.8 Å². The zero-order valence-corrected chi connectivity index (χ0v) is 17.6. The predicted octanol–water partition coefficient (Wildman–Crippen LogP) is 4.46. The first-order valence-corrected chi connectivity index (χ1v) is 9.33. The summed E-state index contributed by atoms with van der Waals surface area (Å²) in [5.41, 5.74) is 1.50. The summed E-state index contributed by atoms with van der Waals surface area (Å²) in [6.45, 7) is 3.95. The van der Waals surface area contributed by atoms with Crippen LogP contribution < -0.4 is 14.8 Å². The number of rotatable bonds is 8. The third-order valence-corrected chi connectivity index (χ3v) is 4.18. The molecule has 0 unspecified atom stereocenters. The van der Waals surface area contributed by atoms with Gasteiger partial charge < -0.3 is 19.6 Å². The first-order chi connectivity index (χ1) is 13.4. The lowest BCUT2D eigenvalue weighted by Gasteiger charge is -2.15. The van der Waals surface area contributed by atoms with Crippen LogP contribution in [-0.4, -0.2) is 31.9 Å². The van der Waals surface area contributed by atoms with E-state index in [1.54, 1.807) is 24.3 Å². The van der Waals surface area contributed by atoms with Crippen LogP contribution in [0.2, 0.25) is 10.0 Å². The first kappa shape index (κ1) is 21.9. The van der Waals surface area contributed by atoms with Gasteiger partial charge in [-0.15, -0.1) is 0 Å². The molecule has 2 aromatic carbocycles. The molecule has 0 spiro atoms. The van der Waals surface area contributed by atoms with E-state index in [9.17, 15) is 4.79 Å². The molecule has 0 aliphatic heterocycles. The molecule has 0 saturated heterocycles. The number of nitrogens with one attached hydrogen (secondary N) is 1. The van der Waals surface area contributed by atoms with Crippen molar-refractivity contribution in [3.05, 3.63) is 57.6 Å². The predicted molar refractivity (Wildman–Crippen MR) is 111 cm³/mol. The Hall–Kier alpha value is -2.44. The Labute approximate surface area is 174 Å². The molecule has 0 heterocycles. The Balaban J connectivity index is 2.26. The van der Waals surface area contributed by atoms with E-state index in [1.807, 2.05) is 26.0 Å². The Kier molecular flexibility index (Phi) is 7.96. The Morgan fingerprint density at radius 1 is 1.18 bits per heavy atom. The van der Waals surface area contributed by atoms with Gasteiger partial charge in [0.05, 0.1) is 16.1 Å². The van der Waals surface area contributed by atoms with E-state index in [0.717, 1.165) is 5.56 Å². The monoisotopic (exact) mass is 424 g/mol. The van der Waals surface area contributed by atoms with Crippen molar-refractivity contribution in [3.8, 4) is 11.5 Å². The van der Waals surface area contributed by atoms with Gasteiger partial charge in [-0.2, -0.15) is 0 Å². The molecule has 150 valence electrons. The summed E-state index contributed by atoms with van der Waals surface area (Å²) < 4.78 is 11.5. The SMILES string of the molecule is CNC(=O)/C(=N/OC)c1ccccc1COc1cc(Cl)c(OC(C)C)c(Cl)c1.